The van der Waals surface area contributed by atoms with E-state index in [1.165, 1.54) is 12.8 Å². The average molecular weight is 279 g/mol. The van der Waals surface area contributed by atoms with Gasteiger partial charge in [-0.3, -0.25) is 4.79 Å². The summed E-state index contributed by atoms with van der Waals surface area (Å²) < 4.78 is 5.13. The monoisotopic (exact) mass is 278 g/mol. The van der Waals surface area contributed by atoms with Gasteiger partial charge in [-0.1, -0.05) is 12.8 Å². The zero-order chi connectivity index (χ0) is 12.6. The van der Waals surface area contributed by atoms with Gasteiger partial charge in [0, 0.05) is 20.3 Å². The minimum absolute atomic E-state index is 0. The molecule has 1 fully saturated rings. The Kier molecular flexibility index (Phi) is 9.42. The van der Waals surface area contributed by atoms with Crippen molar-refractivity contribution in [3.05, 3.63) is 0 Å². The Labute approximate surface area is 116 Å². The molecule has 108 valence electrons. The van der Waals surface area contributed by atoms with Crippen LogP contribution in [-0.2, 0) is 9.53 Å². The molecule has 0 aromatic rings. The van der Waals surface area contributed by atoms with Gasteiger partial charge in [-0.2, -0.15) is 0 Å². The Morgan fingerprint density at radius 2 is 2.00 bits per heavy atom. The van der Waals surface area contributed by atoms with Crippen LogP contribution in [0.3, 0.4) is 0 Å². The third kappa shape index (κ3) is 5.12. The number of nitrogens with one attached hydrogen (secondary N) is 1. The number of rotatable bonds is 8. The number of carbonyl (C=O) groups is 1. The van der Waals surface area contributed by atoms with E-state index >= 15 is 0 Å². The zero-order valence-electron chi connectivity index (χ0n) is 11.4. The van der Waals surface area contributed by atoms with E-state index in [1.54, 1.807) is 7.11 Å². The van der Waals surface area contributed by atoms with E-state index in [0.29, 0.717) is 13.2 Å². The summed E-state index contributed by atoms with van der Waals surface area (Å²) >= 11 is 0. The first-order chi connectivity index (χ1) is 8.25. The number of amides is 1. The molecule has 0 unspecified atom stereocenters. The number of nitrogens with two attached hydrogens (primary N) is 1. The summed E-state index contributed by atoms with van der Waals surface area (Å²) in [5.74, 6) is 0.226. The molecule has 4 nitrogen and oxygen atoms in total. The van der Waals surface area contributed by atoms with Crippen LogP contribution in [0, 0.1) is 5.41 Å². The standard InChI is InChI=1S/C13H26N2O2.ClH/c1-17-11-8-13(6-2-3-7-13)12(16)15-10-5-4-9-14;/h2-11,14H2,1H3,(H,15,16);1H. The molecule has 3 N–H and O–H groups in total. The summed E-state index contributed by atoms with van der Waals surface area (Å²) in [5, 5.41) is 3.06. The fourth-order valence-electron chi connectivity index (χ4n) is 2.60. The minimum atomic E-state index is -0.154. The van der Waals surface area contributed by atoms with Gasteiger partial charge in [0.15, 0.2) is 0 Å². The van der Waals surface area contributed by atoms with Crippen LogP contribution in [0.25, 0.3) is 0 Å². The smallest absolute Gasteiger partial charge is 0.226 e. The molecule has 1 rings (SSSR count). The highest BCUT2D eigenvalue weighted by molar-refractivity contribution is 5.85. The highest BCUT2D eigenvalue weighted by atomic mass is 35.5. The second-order valence-electron chi connectivity index (χ2n) is 4.98. The summed E-state index contributed by atoms with van der Waals surface area (Å²) in [6, 6.07) is 0. The first-order valence-corrected chi connectivity index (χ1v) is 6.72. The Hall–Kier alpha value is -0.320. The molecular weight excluding hydrogens is 252 g/mol. The van der Waals surface area contributed by atoms with E-state index in [1.807, 2.05) is 0 Å². The number of carbonyl (C=O) groups excluding carboxylic acids is 1. The van der Waals surface area contributed by atoms with Crippen LogP contribution < -0.4 is 11.1 Å². The molecule has 0 spiro atoms. The van der Waals surface area contributed by atoms with Crippen LogP contribution in [0.5, 0.6) is 0 Å². The minimum Gasteiger partial charge on any atom is -0.385 e. The molecule has 0 aliphatic heterocycles. The van der Waals surface area contributed by atoms with E-state index in [9.17, 15) is 4.79 Å². The Morgan fingerprint density at radius 1 is 1.33 bits per heavy atom. The molecule has 0 aromatic heterocycles. The topological polar surface area (TPSA) is 64.3 Å². The van der Waals surface area contributed by atoms with E-state index in [2.05, 4.69) is 5.32 Å². The van der Waals surface area contributed by atoms with Gasteiger partial charge >= 0.3 is 0 Å². The number of unbranched alkanes of at least 4 members (excludes halogenated alkanes) is 1. The van der Waals surface area contributed by atoms with Crippen molar-refractivity contribution in [1.82, 2.24) is 5.32 Å². The molecule has 1 amide bonds. The molecule has 1 saturated carbocycles. The number of ether oxygens (including phenoxy) is 1. The third-order valence-electron chi connectivity index (χ3n) is 3.74. The Bertz CT molecular complexity index is 231. The molecule has 1 aliphatic rings. The van der Waals surface area contributed by atoms with Gasteiger partial charge in [-0.05, 0) is 38.6 Å². The highest BCUT2D eigenvalue weighted by Gasteiger charge is 2.40. The molecule has 0 heterocycles. The van der Waals surface area contributed by atoms with Crippen molar-refractivity contribution < 1.29 is 9.53 Å². The van der Waals surface area contributed by atoms with Crippen LogP contribution in [0.1, 0.15) is 44.9 Å². The van der Waals surface area contributed by atoms with Crippen LogP contribution >= 0.6 is 12.4 Å². The molecule has 0 bridgehead atoms. The second-order valence-corrected chi connectivity index (χ2v) is 4.98. The van der Waals surface area contributed by atoms with Gasteiger partial charge < -0.3 is 15.8 Å². The quantitative estimate of drug-likeness (QED) is 0.666. The molecular formula is C13H27ClN2O2. The summed E-state index contributed by atoms with van der Waals surface area (Å²) in [6.07, 6.45) is 7.16. The molecule has 0 aromatic carbocycles. The zero-order valence-corrected chi connectivity index (χ0v) is 12.2. The maximum atomic E-state index is 12.2. The van der Waals surface area contributed by atoms with Crippen molar-refractivity contribution in [2.75, 3.05) is 26.8 Å². The van der Waals surface area contributed by atoms with Crippen molar-refractivity contribution in [1.29, 1.82) is 0 Å². The lowest BCUT2D eigenvalue weighted by Crippen LogP contribution is -2.40. The number of methoxy groups -OCH3 is 1. The summed E-state index contributed by atoms with van der Waals surface area (Å²) in [6.45, 7) is 2.13. The molecule has 0 atom stereocenters. The van der Waals surface area contributed by atoms with Crippen molar-refractivity contribution in [2.45, 2.75) is 44.9 Å². The molecule has 0 saturated heterocycles. The lowest BCUT2D eigenvalue weighted by Gasteiger charge is -2.27. The number of hydrogen-bond donors (Lipinski definition) is 2. The molecule has 0 radical (unpaired) electrons. The van der Waals surface area contributed by atoms with Crippen molar-refractivity contribution in [2.24, 2.45) is 11.1 Å². The van der Waals surface area contributed by atoms with E-state index in [4.69, 9.17) is 10.5 Å². The van der Waals surface area contributed by atoms with Gasteiger partial charge in [0.1, 0.15) is 0 Å². The van der Waals surface area contributed by atoms with Crippen LogP contribution in [0.4, 0.5) is 0 Å². The fraction of sp³-hybridized carbons (Fsp3) is 0.923. The van der Waals surface area contributed by atoms with Crippen LogP contribution in [0.15, 0.2) is 0 Å². The van der Waals surface area contributed by atoms with E-state index in [-0.39, 0.29) is 23.7 Å². The maximum absolute atomic E-state index is 12.2. The molecule has 5 heteroatoms. The predicted octanol–water partition coefficient (Wildman–Crippen LogP) is 1.86. The number of halogens is 1. The van der Waals surface area contributed by atoms with Gasteiger partial charge in [0.2, 0.25) is 5.91 Å². The maximum Gasteiger partial charge on any atom is 0.226 e. The van der Waals surface area contributed by atoms with Gasteiger partial charge in [-0.15, -0.1) is 12.4 Å². The first-order valence-electron chi connectivity index (χ1n) is 6.72. The second kappa shape index (κ2) is 9.59. The largest absolute Gasteiger partial charge is 0.385 e. The van der Waals surface area contributed by atoms with E-state index < -0.39 is 0 Å². The van der Waals surface area contributed by atoms with Crippen molar-refractivity contribution in [3.8, 4) is 0 Å². The lowest BCUT2D eigenvalue weighted by atomic mass is 9.82. The molecule has 1 aliphatic carbocycles. The van der Waals surface area contributed by atoms with Crippen molar-refractivity contribution >= 4 is 18.3 Å². The average Bonchev–Trinajstić information content (AvgIpc) is 2.82. The van der Waals surface area contributed by atoms with Gasteiger partial charge in [0.05, 0.1) is 5.41 Å². The predicted molar refractivity (Wildman–Crippen MR) is 75.9 cm³/mol. The van der Waals surface area contributed by atoms with Crippen molar-refractivity contribution in [3.63, 3.8) is 0 Å². The van der Waals surface area contributed by atoms with E-state index in [0.717, 1.165) is 38.6 Å². The Balaban J connectivity index is 0.00000289. The van der Waals surface area contributed by atoms with Gasteiger partial charge in [-0.25, -0.2) is 0 Å². The first kappa shape index (κ1) is 17.7. The van der Waals surface area contributed by atoms with Crippen LogP contribution in [0.2, 0.25) is 0 Å². The summed E-state index contributed by atoms with van der Waals surface area (Å²) in [5.41, 5.74) is 5.28. The SMILES string of the molecule is COCCC1(C(=O)NCCCCN)CCCC1.Cl. The van der Waals surface area contributed by atoms with Crippen LogP contribution in [-0.4, -0.2) is 32.7 Å². The normalized spacial score (nSPS) is 17.2. The summed E-state index contributed by atoms with van der Waals surface area (Å²) in [7, 11) is 1.70. The van der Waals surface area contributed by atoms with Gasteiger partial charge in [0.25, 0.3) is 0 Å². The Morgan fingerprint density at radius 3 is 2.56 bits per heavy atom. The summed E-state index contributed by atoms with van der Waals surface area (Å²) in [4.78, 5) is 12.2. The third-order valence-corrected chi connectivity index (χ3v) is 3.74. The highest BCUT2D eigenvalue weighted by Crippen LogP contribution is 2.41. The molecule has 18 heavy (non-hydrogen) atoms. The lowest BCUT2D eigenvalue weighted by molar-refractivity contribution is -0.131. The fourth-order valence-corrected chi connectivity index (χ4v) is 2.60. The number of hydrogen-bond acceptors (Lipinski definition) is 3.